The maximum Gasteiger partial charge on any atom is 0.348 e. The lowest BCUT2D eigenvalue weighted by atomic mass is 10.1. The van der Waals surface area contributed by atoms with Crippen LogP contribution in [-0.2, 0) is 20.8 Å². The van der Waals surface area contributed by atoms with E-state index in [0.717, 1.165) is 29.2 Å². The Morgan fingerprint density at radius 1 is 1.21 bits per heavy atom. The van der Waals surface area contributed by atoms with Gasteiger partial charge in [0.1, 0.15) is 15.7 Å². The fourth-order valence-corrected chi connectivity index (χ4v) is 5.24. The van der Waals surface area contributed by atoms with Crippen molar-refractivity contribution in [3.63, 3.8) is 0 Å². The van der Waals surface area contributed by atoms with Gasteiger partial charge < -0.3 is 19.5 Å². The van der Waals surface area contributed by atoms with Crippen molar-refractivity contribution in [1.82, 2.24) is 14.8 Å². The van der Waals surface area contributed by atoms with Gasteiger partial charge in [0.2, 0.25) is 5.91 Å². The third-order valence-electron chi connectivity index (χ3n) is 5.11. The Hall–Kier alpha value is -3.78. The zero-order valence-corrected chi connectivity index (χ0v) is 22.5. The summed E-state index contributed by atoms with van der Waals surface area (Å²) in [6.07, 6.45) is 0.826. The lowest BCUT2D eigenvalue weighted by Crippen LogP contribution is -2.17. The van der Waals surface area contributed by atoms with Crippen LogP contribution in [0.1, 0.15) is 44.4 Å². The van der Waals surface area contributed by atoms with E-state index in [-0.39, 0.29) is 33.5 Å². The van der Waals surface area contributed by atoms with Gasteiger partial charge >= 0.3 is 11.9 Å². The second-order valence-corrected chi connectivity index (χ2v) is 9.62. The number of nitrogens with zero attached hydrogens (tertiary/aromatic N) is 3. The van der Waals surface area contributed by atoms with Crippen LogP contribution in [0.4, 0.5) is 13.8 Å². The van der Waals surface area contributed by atoms with E-state index in [1.54, 1.807) is 24.5 Å². The number of amides is 1. The summed E-state index contributed by atoms with van der Waals surface area (Å²) in [6.45, 7) is 7.16. The van der Waals surface area contributed by atoms with Gasteiger partial charge in [-0.3, -0.25) is 9.36 Å². The zero-order valence-electron chi connectivity index (χ0n) is 20.9. The lowest BCUT2D eigenvalue weighted by molar-refractivity contribution is -0.113. The molecule has 0 saturated carbocycles. The smallest absolute Gasteiger partial charge is 0.348 e. The first-order valence-electron chi connectivity index (χ1n) is 11.0. The maximum atomic E-state index is 14.0. The standard InChI is InChI=1S/C24H24F2N4O6S2/c1-6-9-30-20(13(3)36-16-8-7-14(25)10-15(16)26)28-29-24(30)37-11-17(31)27-21-18(22(32)34-4)12(2)19(38-21)23(33)35-5/h6-8,10,13H,1,9,11H2,2-5H3,(H,27,31). The van der Waals surface area contributed by atoms with Gasteiger partial charge in [-0.25, -0.2) is 18.4 Å². The Kier molecular flexibility index (Phi) is 9.58. The van der Waals surface area contributed by atoms with Gasteiger partial charge in [0.25, 0.3) is 0 Å². The highest BCUT2D eigenvalue weighted by molar-refractivity contribution is 7.99. The molecule has 2 heterocycles. The number of halogens is 2. The third-order valence-corrected chi connectivity index (χ3v) is 7.26. The van der Waals surface area contributed by atoms with Crippen LogP contribution in [0.3, 0.4) is 0 Å². The summed E-state index contributed by atoms with van der Waals surface area (Å²) in [7, 11) is 2.40. The minimum atomic E-state index is -0.858. The highest BCUT2D eigenvalue weighted by atomic mass is 32.2. The Morgan fingerprint density at radius 3 is 2.55 bits per heavy atom. The van der Waals surface area contributed by atoms with Crippen molar-refractivity contribution < 1.29 is 37.4 Å². The molecule has 0 radical (unpaired) electrons. The molecule has 0 saturated heterocycles. The molecule has 202 valence electrons. The SMILES string of the molecule is C=CCn1c(SCC(=O)Nc2sc(C(=O)OC)c(C)c2C(=O)OC)nnc1C(C)Oc1ccc(F)cc1F. The molecule has 3 aromatic rings. The van der Waals surface area contributed by atoms with Gasteiger partial charge in [0, 0.05) is 12.6 Å². The van der Waals surface area contributed by atoms with Gasteiger partial charge in [-0.1, -0.05) is 17.8 Å². The number of carbonyl (C=O) groups is 3. The van der Waals surface area contributed by atoms with Crippen LogP contribution in [0, 0.1) is 18.6 Å². The lowest BCUT2D eigenvalue weighted by Gasteiger charge is -2.16. The van der Waals surface area contributed by atoms with Crippen molar-refractivity contribution in [2.45, 2.75) is 31.7 Å². The van der Waals surface area contributed by atoms with Crippen molar-refractivity contribution in [2.75, 3.05) is 25.3 Å². The molecular formula is C24H24F2N4O6S2. The summed E-state index contributed by atoms with van der Waals surface area (Å²) in [5.41, 5.74) is 0.394. The highest BCUT2D eigenvalue weighted by Crippen LogP contribution is 2.34. The molecule has 1 amide bonds. The number of carbonyl (C=O) groups excluding carboxylic acids is 3. The topological polar surface area (TPSA) is 122 Å². The number of ether oxygens (including phenoxy) is 3. The number of thiophene rings is 1. The predicted molar refractivity (Wildman–Crippen MR) is 137 cm³/mol. The summed E-state index contributed by atoms with van der Waals surface area (Å²) in [5.74, 6) is -3.36. The van der Waals surface area contributed by atoms with Crippen LogP contribution in [0.25, 0.3) is 0 Å². The number of anilines is 1. The van der Waals surface area contributed by atoms with E-state index in [4.69, 9.17) is 14.2 Å². The molecule has 1 N–H and O–H groups in total. The molecule has 1 unspecified atom stereocenters. The summed E-state index contributed by atoms with van der Waals surface area (Å²) in [5, 5.41) is 11.4. The number of hydrogen-bond donors (Lipinski definition) is 1. The van der Waals surface area contributed by atoms with E-state index in [0.29, 0.717) is 22.6 Å². The van der Waals surface area contributed by atoms with Crippen molar-refractivity contribution in [2.24, 2.45) is 0 Å². The molecule has 38 heavy (non-hydrogen) atoms. The first-order valence-corrected chi connectivity index (χ1v) is 12.8. The molecule has 0 aliphatic carbocycles. The fourth-order valence-electron chi connectivity index (χ4n) is 3.35. The molecule has 0 aliphatic heterocycles. The van der Waals surface area contributed by atoms with Crippen molar-refractivity contribution in [3.05, 3.63) is 64.3 Å². The van der Waals surface area contributed by atoms with Gasteiger partial charge in [0.05, 0.1) is 25.5 Å². The summed E-state index contributed by atoms with van der Waals surface area (Å²) in [6, 6.07) is 2.97. The molecule has 0 spiro atoms. The minimum absolute atomic E-state index is 0.0624. The number of aromatic nitrogens is 3. The van der Waals surface area contributed by atoms with Crippen molar-refractivity contribution >= 4 is 45.9 Å². The number of benzene rings is 1. The van der Waals surface area contributed by atoms with Crippen molar-refractivity contribution in [3.8, 4) is 5.75 Å². The number of hydrogen-bond acceptors (Lipinski definition) is 10. The molecule has 1 aromatic carbocycles. The van der Waals surface area contributed by atoms with Gasteiger partial charge in [-0.15, -0.1) is 28.1 Å². The number of methoxy groups -OCH3 is 2. The van der Waals surface area contributed by atoms with Gasteiger partial charge in [-0.2, -0.15) is 0 Å². The van der Waals surface area contributed by atoms with E-state index in [2.05, 4.69) is 22.1 Å². The van der Waals surface area contributed by atoms with Crippen LogP contribution < -0.4 is 10.1 Å². The Labute approximate surface area is 225 Å². The van der Waals surface area contributed by atoms with E-state index in [1.165, 1.54) is 20.3 Å². The van der Waals surface area contributed by atoms with E-state index >= 15 is 0 Å². The first kappa shape index (κ1) is 28.8. The predicted octanol–water partition coefficient (Wildman–Crippen LogP) is 4.56. The molecular weight excluding hydrogens is 542 g/mol. The average molecular weight is 567 g/mol. The minimum Gasteiger partial charge on any atom is -0.480 e. The van der Waals surface area contributed by atoms with E-state index in [9.17, 15) is 23.2 Å². The Bertz CT molecular complexity index is 1370. The second kappa shape index (κ2) is 12.6. The third kappa shape index (κ3) is 6.37. The fraction of sp³-hybridized carbons (Fsp3) is 0.292. The molecule has 0 aliphatic rings. The number of esters is 2. The van der Waals surface area contributed by atoms with Crippen LogP contribution in [0.2, 0.25) is 0 Å². The maximum absolute atomic E-state index is 14.0. The summed E-state index contributed by atoms with van der Waals surface area (Å²) < 4.78 is 44.0. The monoisotopic (exact) mass is 566 g/mol. The zero-order chi connectivity index (χ0) is 28.0. The number of thioether (sulfide) groups is 1. The molecule has 3 rings (SSSR count). The Morgan fingerprint density at radius 2 is 1.92 bits per heavy atom. The number of allylic oxidation sites excluding steroid dienone is 1. The normalized spacial score (nSPS) is 11.5. The Balaban J connectivity index is 1.76. The van der Waals surface area contributed by atoms with Crippen LogP contribution in [-0.4, -0.2) is 52.6 Å². The molecule has 10 nitrogen and oxygen atoms in total. The summed E-state index contributed by atoms with van der Waals surface area (Å²) in [4.78, 5) is 37.3. The quantitative estimate of drug-likeness (QED) is 0.202. The first-order chi connectivity index (χ1) is 18.1. The van der Waals surface area contributed by atoms with Crippen molar-refractivity contribution in [1.29, 1.82) is 0 Å². The van der Waals surface area contributed by atoms with Crippen LogP contribution >= 0.6 is 23.1 Å². The largest absolute Gasteiger partial charge is 0.480 e. The average Bonchev–Trinajstić information content (AvgIpc) is 3.44. The van der Waals surface area contributed by atoms with Crippen LogP contribution in [0.15, 0.2) is 36.0 Å². The number of rotatable bonds is 11. The molecule has 0 bridgehead atoms. The number of nitrogens with one attached hydrogen (secondary N) is 1. The summed E-state index contributed by atoms with van der Waals surface area (Å²) >= 11 is 1.95. The van der Waals surface area contributed by atoms with Gasteiger partial charge in [-0.05, 0) is 31.5 Å². The second-order valence-electron chi connectivity index (χ2n) is 7.66. The van der Waals surface area contributed by atoms with Gasteiger partial charge in [0.15, 0.2) is 28.7 Å². The molecule has 14 heteroatoms. The molecule has 2 aromatic heterocycles. The molecule has 1 atom stereocenters. The molecule has 0 fully saturated rings. The highest BCUT2D eigenvalue weighted by Gasteiger charge is 2.27. The van der Waals surface area contributed by atoms with Crippen LogP contribution in [0.5, 0.6) is 5.75 Å². The van der Waals surface area contributed by atoms with E-state index in [1.807, 2.05) is 0 Å². The van der Waals surface area contributed by atoms with E-state index < -0.39 is 35.6 Å².